The topological polar surface area (TPSA) is 81.3 Å². The largest absolute Gasteiger partial charge is 0.352 e. The van der Waals surface area contributed by atoms with Gasteiger partial charge in [0.2, 0.25) is 5.91 Å². The highest BCUT2D eigenvalue weighted by molar-refractivity contribution is 7.18. The Bertz CT molecular complexity index is 963. The fourth-order valence-electron chi connectivity index (χ4n) is 2.51. The van der Waals surface area contributed by atoms with Crippen molar-refractivity contribution in [3.05, 3.63) is 27.3 Å². The van der Waals surface area contributed by atoms with Crippen molar-refractivity contribution in [1.29, 1.82) is 0 Å². The van der Waals surface area contributed by atoms with Crippen molar-refractivity contribution in [1.82, 2.24) is 24.5 Å². The van der Waals surface area contributed by atoms with Crippen LogP contribution in [-0.4, -0.2) is 31.1 Å². The number of aryl methyl sites for hydroxylation is 2. The van der Waals surface area contributed by atoms with Gasteiger partial charge in [-0.25, -0.2) is 18.9 Å². The van der Waals surface area contributed by atoms with Gasteiger partial charge in [0, 0.05) is 10.9 Å². The summed E-state index contributed by atoms with van der Waals surface area (Å²) in [5.74, 6) is -0.171. The molecule has 0 aromatic carbocycles. The van der Waals surface area contributed by atoms with Crippen LogP contribution in [0.2, 0.25) is 0 Å². The lowest BCUT2D eigenvalue weighted by Crippen LogP contribution is -2.33. The molecule has 8 heteroatoms. The lowest BCUT2D eigenvalue weighted by molar-refractivity contribution is -0.122. The molecule has 0 atom stereocenters. The molecule has 4 rings (SSSR count). The zero-order valence-corrected chi connectivity index (χ0v) is 13.1. The van der Waals surface area contributed by atoms with Gasteiger partial charge in [0.25, 0.3) is 0 Å². The average molecular weight is 317 g/mol. The Labute approximate surface area is 129 Å². The van der Waals surface area contributed by atoms with Gasteiger partial charge < -0.3 is 5.32 Å². The molecule has 0 unspecified atom stereocenters. The maximum absolute atomic E-state index is 12.4. The SMILES string of the molecule is Cc1sc2ncn3c(=O)n(CC(=O)NC4CC4)nc3c2c1C. The molecule has 7 nitrogen and oxygen atoms in total. The van der Waals surface area contributed by atoms with Crippen molar-refractivity contribution in [2.45, 2.75) is 39.3 Å². The molecule has 3 aromatic rings. The smallest absolute Gasteiger partial charge is 0.352 e. The first-order valence-corrected chi connectivity index (χ1v) is 7.99. The third-order valence-corrected chi connectivity index (χ3v) is 5.10. The van der Waals surface area contributed by atoms with Crippen LogP contribution < -0.4 is 11.0 Å². The summed E-state index contributed by atoms with van der Waals surface area (Å²) in [6, 6.07) is 0.273. The van der Waals surface area contributed by atoms with Gasteiger partial charge in [0.15, 0.2) is 5.65 Å². The molecule has 3 heterocycles. The second-order valence-corrected chi connectivity index (χ2v) is 6.89. The van der Waals surface area contributed by atoms with Crippen molar-refractivity contribution in [3.63, 3.8) is 0 Å². The molecule has 0 saturated heterocycles. The van der Waals surface area contributed by atoms with E-state index in [9.17, 15) is 9.59 Å². The third kappa shape index (κ3) is 2.02. The summed E-state index contributed by atoms with van der Waals surface area (Å²) in [7, 11) is 0. The Kier molecular flexibility index (Phi) is 2.83. The lowest BCUT2D eigenvalue weighted by atomic mass is 10.2. The van der Waals surface area contributed by atoms with Crippen LogP contribution in [0.15, 0.2) is 11.1 Å². The second kappa shape index (κ2) is 4.64. The number of aromatic nitrogens is 4. The van der Waals surface area contributed by atoms with Gasteiger partial charge in [-0.2, -0.15) is 0 Å². The molecule has 1 amide bonds. The zero-order valence-electron chi connectivity index (χ0n) is 12.3. The van der Waals surface area contributed by atoms with E-state index in [0.29, 0.717) is 5.65 Å². The number of carbonyl (C=O) groups is 1. The molecule has 1 fully saturated rings. The minimum atomic E-state index is -0.335. The van der Waals surface area contributed by atoms with Crippen LogP contribution in [0, 0.1) is 13.8 Å². The summed E-state index contributed by atoms with van der Waals surface area (Å²) >= 11 is 1.58. The summed E-state index contributed by atoms with van der Waals surface area (Å²) in [5.41, 5.74) is 1.31. The molecule has 0 radical (unpaired) electrons. The molecule has 0 bridgehead atoms. The van der Waals surface area contributed by atoms with E-state index in [0.717, 1.165) is 33.5 Å². The first-order valence-electron chi connectivity index (χ1n) is 7.18. The molecule has 0 aliphatic heterocycles. The Morgan fingerprint density at radius 1 is 1.45 bits per heavy atom. The number of amides is 1. The van der Waals surface area contributed by atoms with E-state index in [-0.39, 0.29) is 24.2 Å². The summed E-state index contributed by atoms with van der Waals surface area (Å²) < 4.78 is 2.62. The van der Waals surface area contributed by atoms with E-state index in [1.807, 2.05) is 13.8 Å². The average Bonchev–Trinajstić information content (AvgIpc) is 3.16. The molecule has 0 spiro atoms. The zero-order chi connectivity index (χ0) is 15.4. The maximum atomic E-state index is 12.4. The number of carbonyl (C=O) groups excluding carboxylic acids is 1. The standard InChI is InChI=1S/C14H15N5O2S/c1-7-8(2)22-13-11(7)12-17-19(14(21)18(12)6-15-13)5-10(20)16-9-3-4-9/h6,9H,3-5H2,1-2H3,(H,16,20). The van der Waals surface area contributed by atoms with Crippen LogP contribution in [0.5, 0.6) is 0 Å². The molecular formula is C14H15N5O2S. The van der Waals surface area contributed by atoms with Gasteiger partial charge in [-0.15, -0.1) is 16.4 Å². The number of nitrogens with zero attached hydrogens (tertiary/aromatic N) is 4. The summed E-state index contributed by atoms with van der Waals surface area (Å²) in [4.78, 5) is 30.6. The quantitative estimate of drug-likeness (QED) is 0.781. The minimum Gasteiger partial charge on any atom is -0.352 e. The van der Waals surface area contributed by atoms with Crippen molar-refractivity contribution < 1.29 is 4.79 Å². The highest BCUT2D eigenvalue weighted by atomic mass is 32.1. The van der Waals surface area contributed by atoms with Crippen molar-refractivity contribution >= 4 is 33.1 Å². The highest BCUT2D eigenvalue weighted by Gasteiger charge is 2.24. The van der Waals surface area contributed by atoms with Crippen LogP contribution in [0.25, 0.3) is 15.9 Å². The Balaban J connectivity index is 1.83. The molecule has 1 aliphatic rings. The van der Waals surface area contributed by atoms with E-state index in [1.54, 1.807) is 11.3 Å². The van der Waals surface area contributed by atoms with Gasteiger partial charge in [-0.05, 0) is 32.3 Å². The van der Waals surface area contributed by atoms with E-state index in [2.05, 4.69) is 15.4 Å². The number of thiophene rings is 1. The van der Waals surface area contributed by atoms with Crippen molar-refractivity contribution in [3.8, 4) is 0 Å². The fraction of sp³-hybridized carbons (Fsp3) is 0.429. The predicted molar refractivity (Wildman–Crippen MR) is 83.3 cm³/mol. The van der Waals surface area contributed by atoms with Gasteiger partial charge >= 0.3 is 5.69 Å². The van der Waals surface area contributed by atoms with Crippen LogP contribution in [0.1, 0.15) is 23.3 Å². The van der Waals surface area contributed by atoms with E-state index < -0.39 is 0 Å². The number of hydrogen-bond acceptors (Lipinski definition) is 5. The molecule has 1 aliphatic carbocycles. The normalized spacial score (nSPS) is 14.8. The molecule has 3 aromatic heterocycles. The molecule has 1 N–H and O–H groups in total. The third-order valence-electron chi connectivity index (χ3n) is 3.99. The maximum Gasteiger partial charge on any atom is 0.352 e. The Morgan fingerprint density at radius 3 is 2.95 bits per heavy atom. The van der Waals surface area contributed by atoms with Crippen LogP contribution in [-0.2, 0) is 11.3 Å². The predicted octanol–water partition coefficient (Wildman–Crippen LogP) is 1.00. The van der Waals surface area contributed by atoms with Crippen LogP contribution in [0.4, 0.5) is 0 Å². The van der Waals surface area contributed by atoms with Crippen molar-refractivity contribution in [2.24, 2.45) is 0 Å². The highest BCUT2D eigenvalue weighted by Crippen LogP contribution is 2.30. The lowest BCUT2D eigenvalue weighted by Gasteiger charge is -2.01. The first kappa shape index (κ1) is 13.4. The Morgan fingerprint density at radius 2 is 2.23 bits per heavy atom. The van der Waals surface area contributed by atoms with E-state index >= 15 is 0 Å². The minimum absolute atomic E-state index is 0.0549. The number of nitrogens with one attached hydrogen (secondary N) is 1. The molecule has 22 heavy (non-hydrogen) atoms. The fourth-order valence-corrected chi connectivity index (χ4v) is 3.50. The van der Waals surface area contributed by atoms with Gasteiger partial charge in [-0.1, -0.05) is 0 Å². The van der Waals surface area contributed by atoms with Crippen LogP contribution in [0.3, 0.4) is 0 Å². The molecule has 114 valence electrons. The summed E-state index contributed by atoms with van der Waals surface area (Å²) in [6.45, 7) is 3.97. The Hall–Kier alpha value is -2.22. The number of rotatable bonds is 3. The summed E-state index contributed by atoms with van der Waals surface area (Å²) in [6.07, 6.45) is 3.52. The van der Waals surface area contributed by atoms with E-state index in [1.165, 1.54) is 15.4 Å². The summed E-state index contributed by atoms with van der Waals surface area (Å²) in [5, 5.41) is 8.11. The van der Waals surface area contributed by atoms with Gasteiger partial charge in [0.1, 0.15) is 17.7 Å². The number of fused-ring (bicyclic) bond motifs is 3. The van der Waals surface area contributed by atoms with Gasteiger partial charge in [-0.3, -0.25) is 4.79 Å². The number of hydrogen-bond donors (Lipinski definition) is 1. The van der Waals surface area contributed by atoms with Crippen molar-refractivity contribution in [2.75, 3.05) is 0 Å². The molecule has 1 saturated carbocycles. The molecular weight excluding hydrogens is 302 g/mol. The van der Waals surface area contributed by atoms with E-state index in [4.69, 9.17) is 0 Å². The van der Waals surface area contributed by atoms with Gasteiger partial charge in [0.05, 0.1) is 5.39 Å². The second-order valence-electron chi connectivity index (χ2n) is 5.68. The first-order chi connectivity index (χ1) is 10.5. The van der Waals surface area contributed by atoms with Crippen LogP contribution >= 0.6 is 11.3 Å². The monoisotopic (exact) mass is 317 g/mol.